The molecule has 0 radical (unpaired) electrons. The van der Waals surface area contributed by atoms with Gasteiger partial charge in [-0.1, -0.05) is 11.6 Å². The normalized spacial score (nSPS) is 13.7. The van der Waals surface area contributed by atoms with Crippen LogP contribution in [0.2, 0.25) is 0 Å². The summed E-state index contributed by atoms with van der Waals surface area (Å²) in [6.07, 6.45) is 5.55. The van der Waals surface area contributed by atoms with Gasteiger partial charge in [0.1, 0.15) is 0 Å². The second-order valence-electron chi connectivity index (χ2n) is 4.29. The molecule has 0 aromatic heterocycles. The lowest BCUT2D eigenvalue weighted by Crippen LogP contribution is -1.90. The van der Waals surface area contributed by atoms with Gasteiger partial charge in [-0.3, -0.25) is 0 Å². The average Bonchev–Trinajstić information content (AvgIpc) is 2.95. The van der Waals surface area contributed by atoms with Gasteiger partial charge < -0.3 is 14.4 Å². The topological polar surface area (TPSA) is 17.9 Å². The maximum Gasteiger partial charge on any atom is 0.224 e. The first kappa shape index (κ1) is 19.0. The highest BCUT2D eigenvalue weighted by molar-refractivity contribution is 4.96. The highest BCUT2D eigenvalue weighted by atomic mass is 16.5. The molecule has 1 heterocycles. The second kappa shape index (κ2) is 15.7. The summed E-state index contributed by atoms with van der Waals surface area (Å²) in [7, 11) is 0. The van der Waals surface area contributed by atoms with E-state index in [1.54, 1.807) is 0 Å². The molecule has 0 bridgehead atoms. The van der Waals surface area contributed by atoms with Gasteiger partial charge in [-0.2, -0.15) is 0 Å². The van der Waals surface area contributed by atoms with E-state index < -0.39 is 0 Å². The predicted molar refractivity (Wildman–Crippen MR) is 77.3 cm³/mol. The minimum absolute atomic E-state index is 0.153. The van der Waals surface area contributed by atoms with Gasteiger partial charge >= 0.3 is 0 Å². The summed E-state index contributed by atoms with van der Waals surface area (Å²) in [4.78, 5) is 6.35. The SMILES string of the molecule is C1CCOC1.[C-]#[N+]C(C)CC=C(C)C.[C-]#[N+]CC. The van der Waals surface area contributed by atoms with Crippen LogP contribution in [0.25, 0.3) is 9.69 Å². The summed E-state index contributed by atoms with van der Waals surface area (Å²) >= 11 is 0. The molecule has 0 aromatic rings. The molecule has 0 spiro atoms. The second-order valence-corrected chi connectivity index (χ2v) is 4.29. The lowest BCUT2D eigenvalue weighted by molar-refractivity contribution is 0.198. The third-order valence-corrected chi connectivity index (χ3v) is 2.07. The number of rotatable bonds is 2. The molecule has 102 valence electrons. The van der Waals surface area contributed by atoms with Crippen molar-refractivity contribution >= 4 is 0 Å². The summed E-state index contributed by atoms with van der Waals surface area (Å²) in [5.41, 5.74) is 1.30. The first-order valence-corrected chi connectivity index (χ1v) is 6.49. The van der Waals surface area contributed by atoms with Crippen LogP contribution in [0.3, 0.4) is 0 Å². The van der Waals surface area contributed by atoms with Crippen molar-refractivity contribution in [2.75, 3.05) is 19.8 Å². The molecule has 1 aliphatic heterocycles. The lowest BCUT2D eigenvalue weighted by Gasteiger charge is -1.91. The summed E-state index contributed by atoms with van der Waals surface area (Å²) in [5.74, 6) is 0. The lowest BCUT2D eigenvalue weighted by atomic mass is 10.2. The molecule has 1 aliphatic rings. The minimum Gasteiger partial charge on any atom is -0.381 e. The Morgan fingerprint density at radius 3 is 2.00 bits per heavy atom. The van der Waals surface area contributed by atoms with Crippen LogP contribution in [0.5, 0.6) is 0 Å². The molecule has 1 saturated heterocycles. The summed E-state index contributed by atoms with van der Waals surface area (Å²) in [5, 5.41) is 0. The van der Waals surface area contributed by atoms with Crippen molar-refractivity contribution in [2.24, 2.45) is 0 Å². The van der Waals surface area contributed by atoms with Crippen LogP contribution in [-0.4, -0.2) is 25.8 Å². The van der Waals surface area contributed by atoms with Gasteiger partial charge in [-0.15, -0.1) is 0 Å². The van der Waals surface area contributed by atoms with Crippen LogP contribution in [0.15, 0.2) is 11.6 Å². The fourth-order valence-electron chi connectivity index (χ4n) is 0.969. The monoisotopic (exact) mass is 250 g/mol. The van der Waals surface area contributed by atoms with Gasteiger partial charge in [0.05, 0.1) is 0 Å². The number of nitrogens with zero attached hydrogens (tertiary/aromatic N) is 2. The molecule has 1 atom stereocenters. The molecule has 0 N–H and O–H groups in total. The van der Waals surface area contributed by atoms with Gasteiger partial charge in [0.2, 0.25) is 12.6 Å². The van der Waals surface area contributed by atoms with Crippen LogP contribution in [0.1, 0.15) is 47.0 Å². The smallest absolute Gasteiger partial charge is 0.224 e. The number of hydrogen-bond acceptors (Lipinski definition) is 1. The number of allylic oxidation sites excluding steroid dienone is 1. The molecule has 18 heavy (non-hydrogen) atoms. The Kier molecular flexibility index (Phi) is 16.6. The molecular weight excluding hydrogens is 224 g/mol. The standard InChI is InChI=1S/C8H13N.C4H8O.C3H5N/c1-7(2)5-6-8(3)9-4;1-2-4-5-3-1;1-3-4-2/h5,8H,6H2,1-3H3;1-4H2;3H2,1H3. The highest BCUT2D eigenvalue weighted by Crippen LogP contribution is 2.00. The van der Waals surface area contributed by atoms with E-state index in [9.17, 15) is 0 Å². The Labute approximate surface area is 112 Å². The molecule has 1 unspecified atom stereocenters. The quantitative estimate of drug-likeness (QED) is 0.525. The van der Waals surface area contributed by atoms with Crippen LogP contribution in [-0.2, 0) is 4.74 Å². The molecule has 3 heteroatoms. The third-order valence-electron chi connectivity index (χ3n) is 2.07. The number of ether oxygens (including phenoxy) is 1. The fourth-order valence-corrected chi connectivity index (χ4v) is 0.969. The van der Waals surface area contributed by atoms with E-state index in [1.165, 1.54) is 18.4 Å². The van der Waals surface area contributed by atoms with E-state index in [-0.39, 0.29) is 6.04 Å². The van der Waals surface area contributed by atoms with E-state index in [2.05, 4.69) is 29.6 Å². The summed E-state index contributed by atoms with van der Waals surface area (Å²) < 4.78 is 4.94. The molecule has 0 saturated carbocycles. The third kappa shape index (κ3) is 20.1. The summed E-state index contributed by atoms with van der Waals surface area (Å²) in [6.45, 7) is 23.2. The fraction of sp³-hybridized carbons (Fsp3) is 0.733. The van der Waals surface area contributed by atoms with Crippen molar-refractivity contribution in [3.63, 3.8) is 0 Å². The van der Waals surface area contributed by atoms with Crippen molar-refractivity contribution in [2.45, 2.75) is 53.0 Å². The molecule has 0 amide bonds. The van der Waals surface area contributed by atoms with Gasteiger partial charge in [0.25, 0.3) is 0 Å². The van der Waals surface area contributed by atoms with Crippen LogP contribution in [0.4, 0.5) is 0 Å². The van der Waals surface area contributed by atoms with Crippen LogP contribution in [0, 0.1) is 13.1 Å². The van der Waals surface area contributed by atoms with Gasteiger partial charge in [0.15, 0.2) is 0 Å². The molecule has 3 nitrogen and oxygen atoms in total. The first-order chi connectivity index (χ1) is 8.58. The van der Waals surface area contributed by atoms with Crippen LogP contribution >= 0.6 is 0 Å². The van der Waals surface area contributed by atoms with Crippen molar-refractivity contribution in [3.05, 3.63) is 34.5 Å². The Bertz CT molecular complexity index is 268. The molecule has 0 aromatic carbocycles. The molecule has 1 fully saturated rings. The van der Waals surface area contributed by atoms with E-state index in [0.717, 1.165) is 19.6 Å². The Hall–Kier alpha value is -1.32. The molecule has 0 aliphatic carbocycles. The van der Waals surface area contributed by atoms with Gasteiger partial charge in [-0.05, 0) is 26.7 Å². The zero-order valence-corrected chi connectivity index (χ0v) is 12.2. The summed E-state index contributed by atoms with van der Waals surface area (Å²) in [6, 6.07) is 0.153. The van der Waals surface area contributed by atoms with E-state index in [1.807, 2.05) is 13.8 Å². The van der Waals surface area contributed by atoms with Gasteiger partial charge in [-0.25, -0.2) is 13.1 Å². The Balaban J connectivity index is 0. The van der Waals surface area contributed by atoms with Crippen molar-refractivity contribution in [3.8, 4) is 0 Å². The van der Waals surface area contributed by atoms with E-state index >= 15 is 0 Å². The van der Waals surface area contributed by atoms with Gasteiger partial charge in [0, 0.05) is 33.5 Å². The Morgan fingerprint density at radius 2 is 1.78 bits per heavy atom. The van der Waals surface area contributed by atoms with Crippen molar-refractivity contribution in [1.82, 2.24) is 0 Å². The van der Waals surface area contributed by atoms with Crippen molar-refractivity contribution in [1.29, 1.82) is 0 Å². The Morgan fingerprint density at radius 1 is 1.28 bits per heavy atom. The van der Waals surface area contributed by atoms with E-state index in [4.69, 9.17) is 17.9 Å². The maximum atomic E-state index is 6.65. The highest BCUT2D eigenvalue weighted by Gasteiger charge is 1.98. The molecule has 1 rings (SSSR count). The number of hydrogen-bond donors (Lipinski definition) is 0. The largest absolute Gasteiger partial charge is 0.381 e. The predicted octanol–water partition coefficient (Wildman–Crippen LogP) is 4.37. The zero-order valence-electron chi connectivity index (χ0n) is 12.2. The minimum atomic E-state index is 0.153. The first-order valence-electron chi connectivity index (χ1n) is 6.49. The zero-order chi connectivity index (χ0) is 14.2. The maximum absolute atomic E-state index is 6.65. The van der Waals surface area contributed by atoms with E-state index in [0.29, 0.717) is 6.54 Å². The van der Waals surface area contributed by atoms with Crippen molar-refractivity contribution < 1.29 is 4.74 Å². The van der Waals surface area contributed by atoms with Crippen LogP contribution < -0.4 is 0 Å². The molecular formula is C15H26N2O. The average molecular weight is 250 g/mol.